The highest BCUT2D eigenvalue weighted by Gasteiger charge is 2.33. The van der Waals surface area contributed by atoms with E-state index in [-0.39, 0.29) is 6.61 Å². The molecule has 0 aromatic carbocycles. The maximum absolute atomic E-state index is 8.82. The molecule has 14 heavy (non-hydrogen) atoms. The van der Waals surface area contributed by atoms with Crippen LogP contribution in [0.5, 0.6) is 0 Å². The van der Waals surface area contributed by atoms with E-state index in [1.807, 2.05) is 0 Å². The van der Waals surface area contributed by atoms with Crippen LogP contribution in [-0.2, 0) is 0 Å². The van der Waals surface area contributed by atoms with Crippen molar-refractivity contribution in [2.75, 3.05) is 13.2 Å². The van der Waals surface area contributed by atoms with Crippen molar-refractivity contribution >= 4 is 0 Å². The fraction of sp³-hybridized carbons (Fsp3) is 1.00. The van der Waals surface area contributed by atoms with Gasteiger partial charge >= 0.3 is 0 Å². The first-order valence-electron chi connectivity index (χ1n) is 5.90. The lowest BCUT2D eigenvalue weighted by Crippen LogP contribution is -2.45. The molecule has 1 saturated carbocycles. The molecule has 1 fully saturated rings. The summed E-state index contributed by atoms with van der Waals surface area (Å²) < 4.78 is 0. The molecule has 0 heterocycles. The second-order valence-electron chi connectivity index (χ2n) is 5.54. The smallest absolute Gasteiger partial charge is 0.0556 e. The van der Waals surface area contributed by atoms with E-state index in [0.29, 0.717) is 11.5 Å². The molecule has 0 radical (unpaired) electrons. The molecule has 0 aromatic rings. The van der Waals surface area contributed by atoms with Crippen molar-refractivity contribution in [3.05, 3.63) is 0 Å². The van der Waals surface area contributed by atoms with Gasteiger partial charge in [-0.3, -0.25) is 0 Å². The van der Waals surface area contributed by atoms with Gasteiger partial charge in [-0.05, 0) is 24.2 Å². The van der Waals surface area contributed by atoms with Crippen molar-refractivity contribution in [1.29, 1.82) is 0 Å². The summed E-state index contributed by atoms with van der Waals surface area (Å²) in [4.78, 5) is 0. The van der Waals surface area contributed by atoms with Crippen molar-refractivity contribution in [3.8, 4) is 0 Å². The van der Waals surface area contributed by atoms with Gasteiger partial charge in [0.05, 0.1) is 6.61 Å². The van der Waals surface area contributed by atoms with Crippen LogP contribution in [0.3, 0.4) is 0 Å². The monoisotopic (exact) mass is 199 g/mol. The molecule has 1 aliphatic rings. The molecule has 2 heteroatoms. The number of rotatable bonds is 3. The summed E-state index contributed by atoms with van der Waals surface area (Å²) in [5.74, 6) is 0.766. The van der Waals surface area contributed by atoms with Crippen LogP contribution >= 0.6 is 0 Å². The minimum atomic E-state index is 0.257. The number of nitrogens with one attached hydrogen (secondary N) is 1. The zero-order valence-corrected chi connectivity index (χ0v) is 9.84. The summed E-state index contributed by atoms with van der Waals surface area (Å²) in [6, 6.07) is 0.621. The Balaban J connectivity index is 2.50. The van der Waals surface area contributed by atoms with Crippen LogP contribution in [0.15, 0.2) is 0 Å². The normalized spacial score (nSPS) is 29.1. The molecule has 0 bridgehead atoms. The third kappa shape index (κ3) is 3.25. The molecule has 2 unspecified atom stereocenters. The van der Waals surface area contributed by atoms with Crippen LogP contribution in [0.25, 0.3) is 0 Å². The van der Waals surface area contributed by atoms with Crippen molar-refractivity contribution in [2.45, 2.75) is 52.5 Å². The van der Waals surface area contributed by atoms with Gasteiger partial charge in [0, 0.05) is 12.6 Å². The van der Waals surface area contributed by atoms with Gasteiger partial charge in [-0.1, -0.05) is 33.6 Å². The Bertz CT molecular complexity index is 162. The molecule has 0 spiro atoms. The molecule has 2 atom stereocenters. The molecular weight excluding hydrogens is 174 g/mol. The van der Waals surface area contributed by atoms with Crippen molar-refractivity contribution in [1.82, 2.24) is 5.32 Å². The topological polar surface area (TPSA) is 32.3 Å². The van der Waals surface area contributed by atoms with Gasteiger partial charge in [0.15, 0.2) is 0 Å². The maximum atomic E-state index is 8.82. The Morgan fingerprint density at radius 1 is 1.21 bits per heavy atom. The van der Waals surface area contributed by atoms with Crippen molar-refractivity contribution in [3.63, 3.8) is 0 Å². The first-order chi connectivity index (χ1) is 6.55. The molecule has 0 aromatic heterocycles. The average Bonchev–Trinajstić information content (AvgIpc) is 2.14. The maximum Gasteiger partial charge on any atom is 0.0556 e. The van der Waals surface area contributed by atoms with Gasteiger partial charge in [-0.2, -0.15) is 0 Å². The molecule has 2 N–H and O–H groups in total. The fourth-order valence-corrected chi connectivity index (χ4v) is 2.66. The van der Waals surface area contributed by atoms with Crippen LogP contribution in [0, 0.1) is 11.3 Å². The Hall–Kier alpha value is -0.0800. The number of aliphatic hydroxyl groups is 1. The summed E-state index contributed by atoms with van der Waals surface area (Å²) in [7, 11) is 0. The first-order valence-corrected chi connectivity index (χ1v) is 5.90. The molecule has 0 amide bonds. The van der Waals surface area contributed by atoms with E-state index in [2.05, 4.69) is 26.1 Å². The largest absolute Gasteiger partial charge is 0.395 e. The minimum absolute atomic E-state index is 0.257. The van der Waals surface area contributed by atoms with Crippen molar-refractivity contribution < 1.29 is 5.11 Å². The van der Waals surface area contributed by atoms with Crippen LogP contribution in [0.4, 0.5) is 0 Å². The standard InChI is InChI=1S/C12H25NO/c1-12(2,3)10-6-4-5-7-11(10)13-8-9-14/h10-11,13-14H,4-9H2,1-3H3. The predicted molar refractivity (Wildman–Crippen MR) is 60.3 cm³/mol. The molecule has 2 nitrogen and oxygen atoms in total. The van der Waals surface area contributed by atoms with Gasteiger partial charge in [-0.25, -0.2) is 0 Å². The lowest BCUT2D eigenvalue weighted by Gasteiger charge is -2.41. The second kappa shape index (κ2) is 5.13. The fourth-order valence-electron chi connectivity index (χ4n) is 2.66. The van der Waals surface area contributed by atoms with Gasteiger partial charge in [0.1, 0.15) is 0 Å². The first kappa shape index (κ1) is 12.0. The lowest BCUT2D eigenvalue weighted by atomic mass is 9.69. The zero-order valence-electron chi connectivity index (χ0n) is 9.84. The van der Waals surface area contributed by atoms with Crippen LogP contribution < -0.4 is 5.32 Å². The molecule has 1 aliphatic carbocycles. The van der Waals surface area contributed by atoms with E-state index in [9.17, 15) is 0 Å². The van der Waals surface area contributed by atoms with E-state index >= 15 is 0 Å². The SMILES string of the molecule is CC(C)(C)C1CCCCC1NCCO. The molecule has 0 aliphatic heterocycles. The van der Waals surface area contributed by atoms with Gasteiger partial charge in [0.25, 0.3) is 0 Å². The Labute approximate surface area is 88.1 Å². The predicted octanol–water partition coefficient (Wildman–Crippen LogP) is 2.17. The van der Waals surface area contributed by atoms with Crippen LogP contribution in [0.2, 0.25) is 0 Å². The summed E-state index contributed by atoms with van der Waals surface area (Å²) in [6.45, 7) is 7.99. The van der Waals surface area contributed by atoms with Crippen LogP contribution in [0.1, 0.15) is 46.5 Å². The second-order valence-corrected chi connectivity index (χ2v) is 5.54. The Kier molecular flexibility index (Phi) is 4.39. The molecule has 1 rings (SSSR count). The van der Waals surface area contributed by atoms with Crippen molar-refractivity contribution in [2.24, 2.45) is 11.3 Å². The number of hydrogen-bond donors (Lipinski definition) is 2. The van der Waals surface area contributed by atoms with E-state index < -0.39 is 0 Å². The molecule has 0 saturated heterocycles. The summed E-state index contributed by atoms with van der Waals surface area (Å²) in [5.41, 5.74) is 0.396. The summed E-state index contributed by atoms with van der Waals surface area (Å²) in [5, 5.41) is 12.3. The van der Waals surface area contributed by atoms with E-state index in [0.717, 1.165) is 12.5 Å². The minimum Gasteiger partial charge on any atom is -0.395 e. The highest BCUT2D eigenvalue weighted by atomic mass is 16.3. The number of hydrogen-bond acceptors (Lipinski definition) is 2. The Morgan fingerprint density at radius 2 is 1.86 bits per heavy atom. The zero-order chi connectivity index (χ0) is 10.6. The van der Waals surface area contributed by atoms with E-state index in [1.54, 1.807) is 0 Å². The van der Waals surface area contributed by atoms with E-state index in [4.69, 9.17) is 5.11 Å². The lowest BCUT2D eigenvalue weighted by molar-refractivity contribution is 0.126. The summed E-state index contributed by atoms with van der Waals surface area (Å²) >= 11 is 0. The van der Waals surface area contributed by atoms with Gasteiger partial charge in [-0.15, -0.1) is 0 Å². The Morgan fingerprint density at radius 3 is 2.43 bits per heavy atom. The highest BCUT2D eigenvalue weighted by molar-refractivity contribution is 4.87. The van der Waals surface area contributed by atoms with E-state index in [1.165, 1.54) is 25.7 Å². The molecule has 84 valence electrons. The quantitative estimate of drug-likeness (QED) is 0.730. The van der Waals surface area contributed by atoms with Gasteiger partial charge < -0.3 is 10.4 Å². The highest BCUT2D eigenvalue weighted by Crippen LogP contribution is 2.37. The summed E-state index contributed by atoms with van der Waals surface area (Å²) in [6.07, 6.45) is 5.34. The average molecular weight is 199 g/mol. The van der Waals surface area contributed by atoms with Gasteiger partial charge in [0.2, 0.25) is 0 Å². The van der Waals surface area contributed by atoms with Crippen LogP contribution in [-0.4, -0.2) is 24.3 Å². The number of aliphatic hydroxyl groups excluding tert-OH is 1. The molecular formula is C12H25NO. The third-order valence-electron chi connectivity index (χ3n) is 3.40. The third-order valence-corrected chi connectivity index (χ3v) is 3.40.